The molecule has 0 spiro atoms. The van der Waals surface area contributed by atoms with E-state index in [9.17, 15) is 0 Å². The van der Waals surface area contributed by atoms with Crippen LogP contribution in [-0.2, 0) is 23.0 Å². The molecule has 0 radical (unpaired) electrons. The Balaban J connectivity index is 2.83. The van der Waals surface area contributed by atoms with Crippen LogP contribution in [0.25, 0.3) is 0 Å². The van der Waals surface area contributed by atoms with Crippen LogP contribution in [0.1, 0.15) is 32.6 Å². The van der Waals surface area contributed by atoms with E-state index in [4.69, 9.17) is 0 Å². The van der Waals surface area contributed by atoms with Crippen molar-refractivity contribution in [3.05, 3.63) is 0 Å². The van der Waals surface area contributed by atoms with Crippen molar-refractivity contribution in [3.63, 3.8) is 0 Å². The number of hydrogen-bond donors (Lipinski definition) is 0. The standard InChI is InChI=1S/C7H16Si.Hf/c1-3-4-5-6-7-8-2;/h3-7H2,1-2H3;/q;+2. The Bertz CT molecular complexity index is 81.0. The molecule has 0 saturated carbocycles. The molecule has 0 aliphatic rings. The molecule has 0 nitrogen and oxygen atoms in total. The van der Waals surface area contributed by atoms with Gasteiger partial charge in [0.25, 0.3) is 0 Å². The van der Waals surface area contributed by atoms with E-state index in [1.54, 1.807) is 6.04 Å². The summed E-state index contributed by atoms with van der Waals surface area (Å²) in [5, 5.41) is 0. The van der Waals surface area contributed by atoms with Gasteiger partial charge in [-0.15, -0.1) is 0 Å². The summed E-state index contributed by atoms with van der Waals surface area (Å²) >= 11 is 1.49. The first-order valence-electron chi connectivity index (χ1n) is 3.81. The average Bonchev–Trinajstić information content (AvgIpc) is 1.80. The van der Waals surface area contributed by atoms with Gasteiger partial charge in [0.1, 0.15) is 0 Å². The minimum absolute atomic E-state index is 0.224. The first kappa shape index (κ1) is 10.1. The van der Waals surface area contributed by atoms with Gasteiger partial charge in [-0.3, -0.25) is 0 Å². The van der Waals surface area contributed by atoms with Crippen LogP contribution in [0.3, 0.4) is 0 Å². The molecule has 0 unspecified atom stereocenters. The fourth-order valence-electron chi connectivity index (χ4n) is 0.817. The van der Waals surface area contributed by atoms with Gasteiger partial charge in [0.05, 0.1) is 0 Å². The second-order valence-electron chi connectivity index (χ2n) is 2.59. The zero-order chi connectivity index (χ0) is 7.11. The van der Waals surface area contributed by atoms with E-state index in [0.717, 1.165) is 0 Å². The average molecular weight is 307 g/mol. The summed E-state index contributed by atoms with van der Waals surface area (Å²) < 4.78 is 0. The monoisotopic (exact) mass is 308 g/mol. The number of unbranched alkanes of at least 4 members (excludes halogenated alkanes) is 3. The van der Waals surface area contributed by atoms with E-state index in [1.807, 2.05) is 0 Å². The third-order valence-corrected chi connectivity index (χ3v) is 5.20. The number of hydrogen-bond acceptors (Lipinski definition) is 0. The molecule has 0 aromatic carbocycles. The zero-order valence-corrected chi connectivity index (χ0v) is 11.1. The molecule has 2 heteroatoms. The summed E-state index contributed by atoms with van der Waals surface area (Å²) in [5.74, 6) is 0. The van der Waals surface area contributed by atoms with Crippen LogP contribution in [0, 0.1) is 0 Å². The Morgan fingerprint density at radius 3 is 2.33 bits per heavy atom. The van der Waals surface area contributed by atoms with Crippen molar-refractivity contribution >= 4 is 5.49 Å². The molecule has 0 heterocycles. The van der Waals surface area contributed by atoms with Crippen molar-refractivity contribution in [2.24, 2.45) is 0 Å². The predicted octanol–water partition coefficient (Wildman–Crippen LogP) is 2.73. The molecule has 50 valence electrons. The van der Waals surface area contributed by atoms with E-state index < -0.39 is 0 Å². The van der Waals surface area contributed by atoms with Crippen LogP contribution < -0.4 is 0 Å². The van der Waals surface area contributed by atoms with Crippen LogP contribution in [0.4, 0.5) is 0 Å². The van der Waals surface area contributed by atoms with Gasteiger partial charge in [-0.25, -0.2) is 0 Å². The maximum absolute atomic E-state index is 2.46. The van der Waals surface area contributed by atoms with Crippen LogP contribution in [-0.4, -0.2) is 5.49 Å². The topological polar surface area (TPSA) is 0 Å². The molecule has 0 fully saturated rings. The Morgan fingerprint density at radius 2 is 1.89 bits per heavy atom. The van der Waals surface area contributed by atoms with Crippen molar-refractivity contribution in [2.75, 3.05) is 0 Å². The molecule has 0 atom stereocenters. The molecule has 9 heavy (non-hydrogen) atoms. The third kappa shape index (κ3) is 9.09. The van der Waals surface area contributed by atoms with Gasteiger partial charge in [0.2, 0.25) is 0 Å². The summed E-state index contributed by atoms with van der Waals surface area (Å²) in [6.07, 6.45) is 5.84. The number of rotatable bonds is 5. The van der Waals surface area contributed by atoms with Crippen LogP contribution in [0.5, 0.6) is 0 Å². The first-order valence-corrected chi connectivity index (χ1v) is 11.4. The quantitative estimate of drug-likeness (QED) is 0.541. The second kappa shape index (κ2) is 7.20. The molecule has 0 aromatic rings. The van der Waals surface area contributed by atoms with E-state index in [2.05, 4.69) is 13.5 Å². The summed E-state index contributed by atoms with van der Waals surface area (Å²) in [4.78, 5) is 0. The van der Waals surface area contributed by atoms with E-state index in [1.165, 1.54) is 48.7 Å². The van der Waals surface area contributed by atoms with Gasteiger partial charge < -0.3 is 0 Å². The van der Waals surface area contributed by atoms with Gasteiger partial charge in [-0.2, -0.15) is 0 Å². The molecule has 0 aromatic heterocycles. The van der Waals surface area contributed by atoms with Gasteiger partial charge in [-0.1, -0.05) is 0 Å². The molecule has 0 amide bonds. The van der Waals surface area contributed by atoms with Crippen molar-refractivity contribution in [3.8, 4) is 0 Å². The third-order valence-electron chi connectivity index (χ3n) is 1.41. The van der Waals surface area contributed by atoms with Crippen LogP contribution in [0.15, 0.2) is 0 Å². The van der Waals surface area contributed by atoms with Gasteiger partial charge in [0, 0.05) is 0 Å². The van der Waals surface area contributed by atoms with E-state index in [-0.39, 0.29) is 5.49 Å². The van der Waals surface area contributed by atoms with Gasteiger partial charge in [-0.05, 0) is 0 Å². The van der Waals surface area contributed by atoms with Crippen LogP contribution in [0.2, 0.25) is 12.6 Å². The molecule has 0 aliphatic heterocycles. The normalized spacial score (nSPS) is 9.78. The predicted molar refractivity (Wildman–Crippen MR) is 40.6 cm³/mol. The van der Waals surface area contributed by atoms with Crippen molar-refractivity contribution < 1.29 is 23.0 Å². The fourth-order valence-corrected chi connectivity index (χ4v) is 3.50. The summed E-state index contributed by atoms with van der Waals surface area (Å²) in [6.45, 7) is 4.74. The molecular weight excluding hydrogens is 291 g/mol. The van der Waals surface area contributed by atoms with Gasteiger partial charge in [0.15, 0.2) is 0 Å². The molecule has 0 saturated heterocycles. The second-order valence-corrected chi connectivity index (χ2v) is 13.9. The first-order chi connectivity index (χ1) is 4.27. The maximum atomic E-state index is 2.46. The Kier molecular flexibility index (Phi) is 8.07. The molecule has 0 aliphatic carbocycles. The minimum atomic E-state index is 0.224. The van der Waals surface area contributed by atoms with E-state index >= 15 is 0 Å². The van der Waals surface area contributed by atoms with Crippen LogP contribution >= 0.6 is 0 Å². The molecule has 0 N–H and O–H groups in total. The summed E-state index contributed by atoms with van der Waals surface area (Å²) in [5.41, 5.74) is 0.224. The zero-order valence-electron chi connectivity index (χ0n) is 6.54. The Hall–Kier alpha value is 1.09. The molecular formula is C7H16HfSi+2. The van der Waals surface area contributed by atoms with E-state index in [0.29, 0.717) is 0 Å². The Morgan fingerprint density at radius 1 is 1.22 bits per heavy atom. The SMILES string of the molecule is CCCCCC[Si](C)=[Hf+2]. The fraction of sp³-hybridized carbons (Fsp3) is 1.00. The van der Waals surface area contributed by atoms with Crippen molar-refractivity contribution in [1.29, 1.82) is 0 Å². The molecule has 0 rings (SSSR count). The van der Waals surface area contributed by atoms with Crippen molar-refractivity contribution in [2.45, 2.75) is 45.2 Å². The van der Waals surface area contributed by atoms with Gasteiger partial charge >= 0.3 is 73.7 Å². The Labute approximate surface area is 73.5 Å². The summed E-state index contributed by atoms with van der Waals surface area (Å²) in [7, 11) is 0. The van der Waals surface area contributed by atoms with Crippen molar-refractivity contribution in [1.82, 2.24) is 0 Å². The summed E-state index contributed by atoms with van der Waals surface area (Å²) in [6, 6.07) is 1.58. The molecule has 0 bridgehead atoms.